The van der Waals surface area contributed by atoms with E-state index < -0.39 is 0 Å². The van der Waals surface area contributed by atoms with Crippen LogP contribution in [-0.4, -0.2) is 16.3 Å². The molecule has 1 rings (SSSR count). The van der Waals surface area contributed by atoms with Crippen LogP contribution >= 0.6 is 0 Å². The van der Waals surface area contributed by atoms with Crippen molar-refractivity contribution in [2.24, 2.45) is 5.73 Å². The molecule has 1 aromatic rings. The van der Waals surface area contributed by atoms with Crippen LogP contribution in [0.2, 0.25) is 0 Å². The third-order valence-corrected chi connectivity index (χ3v) is 1.83. The zero-order chi connectivity index (χ0) is 9.52. The Bertz CT molecular complexity index is 283. The summed E-state index contributed by atoms with van der Waals surface area (Å²) in [5.74, 6) is 2.61. The van der Waals surface area contributed by atoms with Gasteiger partial charge in [0.25, 0.3) is 0 Å². The van der Waals surface area contributed by atoms with Crippen LogP contribution in [0.25, 0.3) is 0 Å². The van der Waals surface area contributed by atoms with E-state index in [9.17, 15) is 0 Å². The first-order valence-electron chi connectivity index (χ1n) is 4.51. The smallest absolute Gasteiger partial charge is 0.0522 e. The molecule has 0 aliphatic heterocycles. The fraction of sp³-hybridized carbons (Fsp3) is 0.500. The normalized spacial score (nSPS) is 9.85. The molecule has 3 heteroatoms. The van der Waals surface area contributed by atoms with E-state index in [0.717, 1.165) is 25.8 Å². The quantitative estimate of drug-likeness (QED) is 0.534. The van der Waals surface area contributed by atoms with Crippen LogP contribution in [0.5, 0.6) is 0 Å². The van der Waals surface area contributed by atoms with Crippen molar-refractivity contribution in [2.45, 2.75) is 25.8 Å². The maximum Gasteiger partial charge on any atom is 0.0522 e. The molecule has 2 N–H and O–H groups in total. The lowest BCUT2D eigenvalue weighted by Crippen LogP contribution is -2.02. The summed E-state index contributed by atoms with van der Waals surface area (Å²) in [6.45, 7) is 1.57. The lowest BCUT2D eigenvalue weighted by molar-refractivity contribution is 0.586. The highest BCUT2D eigenvalue weighted by atomic mass is 15.3. The average Bonchev–Trinajstić information content (AvgIpc) is 2.54. The Morgan fingerprint density at radius 3 is 3.15 bits per heavy atom. The van der Waals surface area contributed by atoms with Gasteiger partial charge in [0.15, 0.2) is 0 Å². The van der Waals surface area contributed by atoms with Crippen molar-refractivity contribution in [1.82, 2.24) is 9.78 Å². The second-order valence-electron chi connectivity index (χ2n) is 2.96. The Morgan fingerprint density at radius 1 is 1.62 bits per heavy atom. The molecule has 0 spiro atoms. The molecule has 0 saturated carbocycles. The summed E-state index contributed by atoms with van der Waals surface area (Å²) in [6, 6.07) is 0. The predicted octanol–water partition coefficient (Wildman–Crippen LogP) is 0.798. The van der Waals surface area contributed by atoms with Gasteiger partial charge in [-0.05, 0) is 24.9 Å². The largest absolute Gasteiger partial charge is 0.330 e. The third kappa shape index (κ3) is 3.30. The minimum absolute atomic E-state index is 0.677. The molecule has 3 nitrogen and oxygen atoms in total. The fourth-order valence-electron chi connectivity index (χ4n) is 1.17. The standard InChI is InChI=1S/C10H15N3/c1-2-3-4-7-13-9-10(5-6-11)8-12-13/h1,8-9H,3-7,11H2. The van der Waals surface area contributed by atoms with Crippen LogP contribution in [-0.2, 0) is 13.0 Å². The Balaban J connectivity index is 2.36. The molecule has 0 bridgehead atoms. The average molecular weight is 177 g/mol. The maximum atomic E-state index is 5.43. The molecule has 0 saturated heterocycles. The number of nitrogens with zero attached hydrogens (tertiary/aromatic N) is 2. The number of aryl methyl sites for hydroxylation is 1. The van der Waals surface area contributed by atoms with Crippen molar-refractivity contribution in [3.8, 4) is 12.3 Å². The second kappa shape index (κ2) is 5.39. The monoisotopic (exact) mass is 177 g/mol. The predicted molar refractivity (Wildman–Crippen MR) is 53.1 cm³/mol. The zero-order valence-electron chi connectivity index (χ0n) is 7.74. The van der Waals surface area contributed by atoms with E-state index in [-0.39, 0.29) is 0 Å². The van der Waals surface area contributed by atoms with Gasteiger partial charge in [-0.1, -0.05) is 0 Å². The summed E-state index contributed by atoms with van der Waals surface area (Å²) >= 11 is 0. The van der Waals surface area contributed by atoms with E-state index in [2.05, 4.69) is 11.0 Å². The van der Waals surface area contributed by atoms with Crippen LogP contribution in [0.3, 0.4) is 0 Å². The lowest BCUT2D eigenvalue weighted by Gasteiger charge is -1.96. The summed E-state index contributed by atoms with van der Waals surface area (Å²) in [7, 11) is 0. The van der Waals surface area contributed by atoms with Crippen molar-refractivity contribution >= 4 is 0 Å². The summed E-state index contributed by atoms with van der Waals surface area (Å²) in [5.41, 5.74) is 6.63. The number of aromatic nitrogens is 2. The second-order valence-corrected chi connectivity index (χ2v) is 2.96. The minimum Gasteiger partial charge on any atom is -0.330 e. The molecule has 70 valence electrons. The summed E-state index contributed by atoms with van der Waals surface area (Å²) in [5, 5.41) is 4.20. The molecular formula is C10H15N3. The first-order chi connectivity index (χ1) is 6.36. The van der Waals surface area contributed by atoms with Crippen molar-refractivity contribution < 1.29 is 0 Å². The maximum absolute atomic E-state index is 5.43. The van der Waals surface area contributed by atoms with Gasteiger partial charge < -0.3 is 5.73 Å². The highest BCUT2D eigenvalue weighted by molar-refractivity contribution is 5.04. The van der Waals surface area contributed by atoms with E-state index in [1.54, 1.807) is 0 Å². The van der Waals surface area contributed by atoms with Crippen LogP contribution < -0.4 is 5.73 Å². The highest BCUT2D eigenvalue weighted by Gasteiger charge is 1.96. The molecule has 1 aromatic heterocycles. The molecule has 0 aliphatic rings. The van der Waals surface area contributed by atoms with Crippen LogP contribution in [0.15, 0.2) is 12.4 Å². The Labute approximate surface area is 78.9 Å². The van der Waals surface area contributed by atoms with Crippen molar-refractivity contribution in [1.29, 1.82) is 0 Å². The number of hydrogen-bond acceptors (Lipinski definition) is 2. The lowest BCUT2D eigenvalue weighted by atomic mass is 10.2. The van der Waals surface area contributed by atoms with E-state index in [1.807, 2.05) is 17.1 Å². The van der Waals surface area contributed by atoms with Gasteiger partial charge in [-0.3, -0.25) is 4.68 Å². The molecule has 1 heterocycles. The number of unbranched alkanes of at least 4 members (excludes halogenated alkanes) is 1. The SMILES string of the molecule is C#CCCCn1cc(CCN)cn1. The van der Waals surface area contributed by atoms with E-state index in [1.165, 1.54) is 5.56 Å². The van der Waals surface area contributed by atoms with E-state index in [4.69, 9.17) is 12.2 Å². The Morgan fingerprint density at radius 2 is 2.46 bits per heavy atom. The van der Waals surface area contributed by atoms with Gasteiger partial charge >= 0.3 is 0 Å². The number of hydrogen-bond donors (Lipinski definition) is 1. The van der Waals surface area contributed by atoms with Gasteiger partial charge in [-0.2, -0.15) is 5.10 Å². The summed E-state index contributed by atoms with van der Waals surface area (Å²) in [6.07, 6.45) is 11.7. The van der Waals surface area contributed by atoms with E-state index in [0.29, 0.717) is 6.54 Å². The third-order valence-electron chi connectivity index (χ3n) is 1.83. The molecule has 0 atom stereocenters. The molecule has 0 fully saturated rings. The topological polar surface area (TPSA) is 43.8 Å². The number of rotatable bonds is 5. The van der Waals surface area contributed by atoms with Gasteiger partial charge in [-0.15, -0.1) is 12.3 Å². The van der Waals surface area contributed by atoms with Gasteiger partial charge in [-0.25, -0.2) is 0 Å². The van der Waals surface area contributed by atoms with Gasteiger partial charge in [0.1, 0.15) is 0 Å². The Kier molecular flexibility index (Phi) is 4.07. The van der Waals surface area contributed by atoms with Gasteiger partial charge in [0.05, 0.1) is 6.20 Å². The van der Waals surface area contributed by atoms with Crippen LogP contribution in [0.4, 0.5) is 0 Å². The van der Waals surface area contributed by atoms with Crippen molar-refractivity contribution in [3.05, 3.63) is 18.0 Å². The molecule has 0 amide bonds. The molecule has 0 aliphatic carbocycles. The van der Waals surface area contributed by atoms with Crippen molar-refractivity contribution in [3.63, 3.8) is 0 Å². The van der Waals surface area contributed by atoms with Crippen LogP contribution in [0.1, 0.15) is 18.4 Å². The zero-order valence-corrected chi connectivity index (χ0v) is 7.74. The van der Waals surface area contributed by atoms with Crippen molar-refractivity contribution in [2.75, 3.05) is 6.54 Å². The summed E-state index contributed by atoms with van der Waals surface area (Å²) in [4.78, 5) is 0. The van der Waals surface area contributed by atoms with E-state index >= 15 is 0 Å². The molecular weight excluding hydrogens is 162 g/mol. The summed E-state index contributed by atoms with van der Waals surface area (Å²) < 4.78 is 1.92. The molecule has 0 radical (unpaired) electrons. The fourth-order valence-corrected chi connectivity index (χ4v) is 1.17. The first-order valence-corrected chi connectivity index (χ1v) is 4.51. The van der Waals surface area contributed by atoms with Crippen LogP contribution in [0, 0.1) is 12.3 Å². The highest BCUT2D eigenvalue weighted by Crippen LogP contribution is 1.99. The molecule has 0 aromatic carbocycles. The number of terminal acetylenes is 1. The molecule has 0 unspecified atom stereocenters. The molecule has 13 heavy (non-hydrogen) atoms. The number of nitrogens with two attached hydrogens (primary N) is 1. The minimum atomic E-state index is 0.677. The van der Waals surface area contributed by atoms with Gasteiger partial charge in [0, 0.05) is 19.2 Å². The first kappa shape index (κ1) is 9.82. The Hall–Kier alpha value is -1.27. The van der Waals surface area contributed by atoms with Gasteiger partial charge in [0.2, 0.25) is 0 Å².